The van der Waals surface area contributed by atoms with Gasteiger partial charge in [-0.1, -0.05) is 0 Å². The van der Waals surface area contributed by atoms with E-state index in [-0.39, 0.29) is 22.7 Å². The van der Waals surface area contributed by atoms with Gasteiger partial charge in [0, 0.05) is 0 Å². The van der Waals surface area contributed by atoms with E-state index in [4.69, 9.17) is 4.74 Å². The van der Waals surface area contributed by atoms with Crippen LogP contribution >= 0.6 is 0 Å². The van der Waals surface area contributed by atoms with E-state index in [1.807, 2.05) is 0 Å². The summed E-state index contributed by atoms with van der Waals surface area (Å²) < 4.78 is 45.1. The fourth-order valence-corrected chi connectivity index (χ4v) is 2.45. The second-order valence-electron chi connectivity index (χ2n) is 3.80. The Morgan fingerprint density at radius 2 is 2.12 bits per heavy atom. The molecule has 7 heteroatoms. The van der Waals surface area contributed by atoms with Crippen LogP contribution < -0.4 is 5.32 Å². The molecule has 1 N–H and O–H groups in total. The third-order valence-electron chi connectivity index (χ3n) is 2.01. The number of sulfonamides is 1. The van der Waals surface area contributed by atoms with Gasteiger partial charge in [0.2, 0.25) is 0 Å². The van der Waals surface area contributed by atoms with Crippen molar-refractivity contribution in [3.05, 3.63) is 24.0 Å². The molecule has 0 saturated heterocycles. The molecular formula is C10H11FN2O3S. The largest absolute Gasteiger partial charge is 0.462 e. The van der Waals surface area contributed by atoms with Crippen molar-refractivity contribution in [2.75, 3.05) is 5.32 Å². The second-order valence-corrected chi connectivity index (χ2v) is 5.38. The quantitative estimate of drug-likeness (QED) is 0.832. The van der Waals surface area contributed by atoms with Gasteiger partial charge in [0.15, 0.2) is 0 Å². The van der Waals surface area contributed by atoms with Crippen LogP contribution in [0.1, 0.15) is 13.8 Å². The Morgan fingerprint density at radius 3 is 2.76 bits per heavy atom. The molecule has 2 rings (SSSR count). The third-order valence-corrected chi connectivity index (χ3v) is 3.31. The summed E-state index contributed by atoms with van der Waals surface area (Å²) in [5.74, 6) is -0.627. The Bertz CT molecular complexity index is 581. The number of rotatable bonds is 1. The molecule has 92 valence electrons. The minimum atomic E-state index is -3.90. The summed E-state index contributed by atoms with van der Waals surface area (Å²) in [7, 11) is -3.90. The summed E-state index contributed by atoms with van der Waals surface area (Å²) in [5, 5.41) is 2.69. The fraction of sp³-hybridized carbons (Fsp3) is 0.300. The van der Waals surface area contributed by atoms with E-state index in [0.717, 1.165) is 6.07 Å². The molecule has 0 unspecified atom stereocenters. The molecule has 1 aliphatic heterocycles. The van der Waals surface area contributed by atoms with Crippen LogP contribution in [0.2, 0.25) is 0 Å². The molecule has 0 atom stereocenters. The zero-order valence-corrected chi connectivity index (χ0v) is 10.1. The first-order chi connectivity index (χ1) is 7.88. The normalized spacial score (nSPS) is 17.1. The first-order valence-corrected chi connectivity index (χ1v) is 6.41. The Kier molecular flexibility index (Phi) is 2.78. The van der Waals surface area contributed by atoms with Crippen LogP contribution in [0.3, 0.4) is 0 Å². The maximum atomic E-state index is 13.0. The van der Waals surface area contributed by atoms with E-state index in [1.54, 1.807) is 13.8 Å². The van der Waals surface area contributed by atoms with Crippen LogP contribution in [0.25, 0.3) is 0 Å². The van der Waals surface area contributed by atoms with Gasteiger partial charge >= 0.3 is 6.02 Å². The van der Waals surface area contributed by atoms with Crippen molar-refractivity contribution in [3.8, 4) is 0 Å². The third kappa shape index (κ3) is 2.38. The van der Waals surface area contributed by atoms with Gasteiger partial charge in [0.05, 0.1) is 11.8 Å². The Morgan fingerprint density at radius 1 is 1.41 bits per heavy atom. The van der Waals surface area contributed by atoms with Crippen molar-refractivity contribution in [2.45, 2.75) is 24.8 Å². The minimum absolute atomic E-state index is 0.0980. The minimum Gasteiger partial charge on any atom is -0.462 e. The van der Waals surface area contributed by atoms with Gasteiger partial charge < -0.3 is 10.1 Å². The van der Waals surface area contributed by atoms with E-state index in [1.165, 1.54) is 12.1 Å². The molecule has 0 aliphatic carbocycles. The van der Waals surface area contributed by atoms with Crippen molar-refractivity contribution >= 4 is 21.7 Å². The average Bonchev–Trinajstić information content (AvgIpc) is 2.17. The number of ether oxygens (including phenoxy) is 1. The van der Waals surface area contributed by atoms with E-state index >= 15 is 0 Å². The molecule has 0 spiro atoms. The molecule has 1 aromatic rings. The van der Waals surface area contributed by atoms with Gasteiger partial charge in [0.25, 0.3) is 10.0 Å². The number of hydrogen-bond donors (Lipinski definition) is 1. The van der Waals surface area contributed by atoms with Gasteiger partial charge in [-0.05, 0) is 32.0 Å². The molecule has 0 amide bonds. The first kappa shape index (κ1) is 11.8. The number of halogens is 1. The monoisotopic (exact) mass is 258 g/mol. The fourth-order valence-electron chi connectivity index (χ4n) is 1.38. The SMILES string of the molecule is CC(C)OC1=NS(=O)(=O)c2cc(F)ccc2N1. The molecular weight excluding hydrogens is 247 g/mol. The van der Waals surface area contributed by atoms with Crippen molar-refractivity contribution < 1.29 is 17.5 Å². The smallest absolute Gasteiger partial charge is 0.305 e. The van der Waals surface area contributed by atoms with Gasteiger partial charge in [-0.2, -0.15) is 8.42 Å². The van der Waals surface area contributed by atoms with Crippen LogP contribution in [0, 0.1) is 5.82 Å². The van der Waals surface area contributed by atoms with Crippen molar-refractivity contribution in [3.63, 3.8) is 0 Å². The van der Waals surface area contributed by atoms with E-state index in [2.05, 4.69) is 9.71 Å². The highest BCUT2D eigenvalue weighted by molar-refractivity contribution is 7.90. The number of hydrogen-bond acceptors (Lipinski definition) is 4. The maximum Gasteiger partial charge on any atom is 0.305 e. The molecule has 0 aromatic heterocycles. The summed E-state index contributed by atoms with van der Waals surface area (Å²) in [5.41, 5.74) is 0.261. The second kappa shape index (κ2) is 3.99. The standard InChI is InChI=1S/C10H11FN2O3S/c1-6(2)16-10-12-8-4-3-7(11)5-9(8)17(14,15)13-10/h3-6H,1-2H3,(H,12,13). The lowest BCUT2D eigenvalue weighted by Gasteiger charge is -2.19. The molecule has 0 radical (unpaired) electrons. The Balaban J connectivity index is 2.47. The molecule has 1 aromatic carbocycles. The van der Waals surface area contributed by atoms with Crippen LogP contribution in [0.15, 0.2) is 27.5 Å². The number of anilines is 1. The number of amidine groups is 1. The number of benzene rings is 1. The van der Waals surface area contributed by atoms with E-state index < -0.39 is 15.8 Å². The maximum absolute atomic E-state index is 13.0. The van der Waals surface area contributed by atoms with Gasteiger partial charge in [-0.15, -0.1) is 4.40 Å². The lowest BCUT2D eigenvalue weighted by molar-refractivity contribution is 0.228. The molecule has 17 heavy (non-hydrogen) atoms. The summed E-state index contributed by atoms with van der Waals surface area (Å²) >= 11 is 0. The molecule has 5 nitrogen and oxygen atoms in total. The Labute approximate surface area is 98.4 Å². The molecule has 1 heterocycles. The predicted octanol–water partition coefficient (Wildman–Crippen LogP) is 1.72. The topological polar surface area (TPSA) is 67.8 Å². The van der Waals surface area contributed by atoms with Crippen LogP contribution in [-0.2, 0) is 14.8 Å². The number of nitrogens with zero attached hydrogens (tertiary/aromatic N) is 1. The molecule has 1 aliphatic rings. The number of nitrogens with one attached hydrogen (secondary N) is 1. The van der Waals surface area contributed by atoms with Gasteiger partial charge in [-0.25, -0.2) is 4.39 Å². The van der Waals surface area contributed by atoms with Crippen molar-refractivity contribution in [2.24, 2.45) is 4.40 Å². The summed E-state index contributed by atoms with van der Waals surface area (Å²) in [6.45, 7) is 3.49. The van der Waals surface area contributed by atoms with E-state index in [9.17, 15) is 12.8 Å². The molecule has 0 saturated carbocycles. The van der Waals surface area contributed by atoms with Crippen LogP contribution in [-0.4, -0.2) is 20.5 Å². The average molecular weight is 258 g/mol. The van der Waals surface area contributed by atoms with Gasteiger partial charge in [-0.3, -0.25) is 0 Å². The lowest BCUT2D eigenvalue weighted by atomic mass is 10.3. The first-order valence-electron chi connectivity index (χ1n) is 4.97. The summed E-state index contributed by atoms with van der Waals surface area (Å²) in [4.78, 5) is -0.186. The Hall–Kier alpha value is -1.63. The predicted molar refractivity (Wildman–Crippen MR) is 60.9 cm³/mol. The highest BCUT2D eigenvalue weighted by Gasteiger charge is 2.26. The van der Waals surface area contributed by atoms with Crippen LogP contribution in [0.4, 0.5) is 10.1 Å². The van der Waals surface area contributed by atoms with Crippen LogP contribution in [0.5, 0.6) is 0 Å². The zero-order valence-electron chi connectivity index (χ0n) is 9.27. The highest BCUT2D eigenvalue weighted by atomic mass is 32.2. The molecule has 0 bridgehead atoms. The highest BCUT2D eigenvalue weighted by Crippen LogP contribution is 2.28. The van der Waals surface area contributed by atoms with Gasteiger partial charge in [0.1, 0.15) is 10.7 Å². The van der Waals surface area contributed by atoms with Crippen molar-refractivity contribution in [1.29, 1.82) is 0 Å². The molecule has 0 fully saturated rings. The summed E-state index contributed by atoms with van der Waals surface area (Å²) in [6.07, 6.45) is -0.210. The zero-order chi connectivity index (χ0) is 12.6. The number of fused-ring (bicyclic) bond motifs is 1. The van der Waals surface area contributed by atoms with Crippen molar-refractivity contribution in [1.82, 2.24) is 0 Å². The van der Waals surface area contributed by atoms with E-state index in [0.29, 0.717) is 0 Å². The summed E-state index contributed by atoms with van der Waals surface area (Å²) in [6, 6.07) is 3.33. The lowest BCUT2D eigenvalue weighted by Crippen LogP contribution is -2.26.